The van der Waals surface area contributed by atoms with Crippen molar-refractivity contribution < 1.29 is 18.0 Å². The molecule has 0 spiro atoms. The quantitative estimate of drug-likeness (QED) is 0.185. The van der Waals surface area contributed by atoms with Gasteiger partial charge in [-0.15, -0.1) is 0 Å². The van der Waals surface area contributed by atoms with E-state index in [4.69, 9.17) is 0 Å². The molecule has 1 heterocycles. The molecule has 0 N–H and O–H groups in total. The van der Waals surface area contributed by atoms with Crippen molar-refractivity contribution in [2.45, 2.75) is 51.5 Å². The van der Waals surface area contributed by atoms with Gasteiger partial charge in [-0.25, -0.2) is 8.42 Å². The molecule has 5 rings (SSSR count). The maximum absolute atomic E-state index is 14.6. The molecule has 0 saturated heterocycles. The minimum absolute atomic E-state index is 0.0137. The number of nitrogens with zero attached hydrogens (tertiary/aromatic N) is 1. The number of sulfonamides is 1. The van der Waals surface area contributed by atoms with Gasteiger partial charge >= 0.3 is 0 Å². The van der Waals surface area contributed by atoms with Gasteiger partial charge < -0.3 is 0 Å². The van der Waals surface area contributed by atoms with Gasteiger partial charge in [0.05, 0.1) is 10.9 Å². The highest BCUT2D eigenvalue weighted by Gasteiger charge is 2.45. The second-order valence-electron chi connectivity index (χ2n) is 12.6. The standard InChI is InChI=1S/C38H39NO4S/c1-27-20-22-32(23-21-27)44(42,43)39-26-31(25-34(40)38(2,3)4)36(37(41)30-18-12-7-13-19-30)35(29-16-10-6-11-17-29)33(39)24-28-14-8-5-9-15-28/h5-23,31,33H,24-26H2,1-4H3/t31-,33-/m0/s1. The van der Waals surface area contributed by atoms with Gasteiger partial charge in [-0.1, -0.05) is 129 Å². The molecule has 5 nitrogen and oxygen atoms in total. The van der Waals surface area contributed by atoms with Gasteiger partial charge in [0.1, 0.15) is 5.78 Å². The number of aryl methyl sites for hydroxylation is 1. The van der Waals surface area contributed by atoms with E-state index < -0.39 is 27.4 Å². The predicted molar refractivity (Wildman–Crippen MR) is 176 cm³/mol. The first-order valence-electron chi connectivity index (χ1n) is 15.0. The van der Waals surface area contributed by atoms with Crippen LogP contribution in [0.15, 0.2) is 126 Å². The monoisotopic (exact) mass is 605 g/mol. The summed E-state index contributed by atoms with van der Waals surface area (Å²) in [6.45, 7) is 7.51. The van der Waals surface area contributed by atoms with Crippen LogP contribution in [-0.2, 0) is 21.2 Å². The van der Waals surface area contributed by atoms with E-state index in [-0.39, 0.29) is 29.4 Å². The van der Waals surface area contributed by atoms with Crippen LogP contribution in [0.5, 0.6) is 0 Å². The Labute approximate surface area is 261 Å². The van der Waals surface area contributed by atoms with E-state index in [0.29, 0.717) is 23.1 Å². The van der Waals surface area contributed by atoms with Crippen LogP contribution < -0.4 is 0 Å². The number of ketones is 2. The Morgan fingerprint density at radius 3 is 1.89 bits per heavy atom. The van der Waals surface area contributed by atoms with Gasteiger partial charge in [-0.05, 0) is 42.2 Å². The second-order valence-corrected chi connectivity index (χ2v) is 14.4. The lowest BCUT2D eigenvalue weighted by Gasteiger charge is -2.42. The summed E-state index contributed by atoms with van der Waals surface area (Å²) in [5.41, 5.74) is 3.69. The minimum Gasteiger partial charge on any atom is -0.299 e. The molecule has 0 fully saturated rings. The summed E-state index contributed by atoms with van der Waals surface area (Å²) in [5.74, 6) is -0.846. The molecule has 44 heavy (non-hydrogen) atoms. The minimum atomic E-state index is -4.03. The fourth-order valence-corrected chi connectivity index (χ4v) is 7.49. The normalized spacial score (nSPS) is 17.8. The molecule has 1 aliphatic rings. The van der Waals surface area contributed by atoms with Crippen LogP contribution >= 0.6 is 0 Å². The zero-order chi connectivity index (χ0) is 31.5. The molecule has 0 aliphatic carbocycles. The molecule has 0 radical (unpaired) electrons. The number of Topliss-reactive ketones (excluding diaryl/α,β-unsaturated/α-hetero) is 2. The third kappa shape index (κ3) is 6.67. The Morgan fingerprint density at radius 1 is 0.773 bits per heavy atom. The van der Waals surface area contributed by atoms with Crippen LogP contribution in [0.4, 0.5) is 0 Å². The highest BCUT2D eigenvalue weighted by atomic mass is 32.2. The molecule has 4 aromatic carbocycles. The van der Waals surface area contributed by atoms with Crippen molar-refractivity contribution in [2.24, 2.45) is 11.3 Å². The van der Waals surface area contributed by atoms with Crippen LogP contribution in [0, 0.1) is 18.3 Å². The van der Waals surface area contributed by atoms with Crippen molar-refractivity contribution in [3.63, 3.8) is 0 Å². The summed E-state index contributed by atoms with van der Waals surface area (Å²) < 4.78 is 30.7. The van der Waals surface area contributed by atoms with E-state index in [1.54, 1.807) is 36.4 Å². The predicted octanol–water partition coefficient (Wildman–Crippen LogP) is 7.57. The zero-order valence-corrected chi connectivity index (χ0v) is 26.6. The van der Waals surface area contributed by atoms with Crippen molar-refractivity contribution >= 4 is 27.2 Å². The van der Waals surface area contributed by atoms with E-state index in [1.165, 1.54) is 4.31 Å². The summed E-state index contributed by atoms with van der Waals surface area (Å²) in [5, 5.41) is 0. The Bertz CT molecular complexity index is 1760. The topological polar surface area (TPSA) is 71.5 Å². The number of rotatable bonds is 9. The third-order valence-corrected chi connectivity index (χ3v) is 10.2. The smallest absolute Gasteiger partial charge is 0.243 e. The summed E-state index contributed by atoms with van der Waals surface area (Å²) >= 11 is 0. The average Bonchev–Trinajstić information content (AvgIpc) is 3.02. The number of hydrogen-bond donors (Lipinski definition) is 0. The Kier molecular flexibility index (Phi) is 9.14. The van der Waals surface area contributed by atoms with Crippen molar-refractivity contribution in [3.8, 4) is 0 Å². The first kappa shape index (κ1) is 31.3. The van der Waals surface area contributed by atoms with Gasteiger partial charge in [0.2, 0.25) is 10.0 Å². The third-order valence-electron chi connectivity index (χ3n) is 8.31. The lowest BCUT2D eigenvalue weighted by molar-refractivity contribution is -0.127. The van der Waals surface area contributed by atoms with E-state index in [1.807, 2.05) is 107 Å². The Hall–Kier alpha value is -4.13. The lowest BCUT2D eigenvalue weighted by Crippen LogP contribution is -2.50. The van der Waals surface area contributed by atoms with Crippen LogP contribution in [-0.4, -0.2) is 36.9 Å². The van der Waals surface area contributed by atoms with E-state index in [0.717, 1.165) is 16.7 Å². The van der Waals surface area contributed by atoms with Gasteiger partial charge in [0, 0.05) is 35.4 Å². The van der Waals surface area contributed by atoms with Crippen molar-refractivity contribution in [1.82, 2.24) is 4.31 Å². The molecular weight excluding hydrogens is 566 g/mol. The van der Waals surface area contributed by atoms with Crippen LogP contribution in [0.25, 0.3) is 5.57 Å². The Balaban J connectivity index is 1.81. The molecule has 226 valence electrons. The number of carbonyl (C=O) groups is 2. The molecule has 4 aromatic rings. The highest BCUT2D eigenvalue weighted by molar-refractivity contribution is 7.89. The van der Waals surface area contributed by atoms with E-state index >= 15 is 0 Å². The summed E-state index contributed by atoms with van der Waals surface area (Å²) in [4.78, 5) is 28.4. The van der Waals surface area contributed by atoms with E-state index in [2.05, 4.69) is 0 Å². The van der Waals surface area contributed by atoms with Gasteiger partial charge in [0.15, 0.2) is 5.78 Å². The Morgan fingerprint density at radius 2 is 1.32 bits per heavy atom. The summed E-state index contributed by atoms with van der Waals surface area (Å²) in [7, 11) is -4.03. The maximum atomic E-state index is 14.6. The van der Waals surface area contributed by atoms with Crippen LogP contribution in [0.1, 0.15) is 54.2 Å². The molecule has 0 aromatic heterocycles. The van der Waals surface area contributed by atoms with E-state index in [9.17, 15) is 18.0 Å². The van der Waals surface area contributed by atoms with Crippen LogP contribution in [0.3, 0.4) is 0 Å². The number of benzene rings is 4. The molecule has 0 bridgehead atoms. The van der Waals surface area contributed by atoms with Gasteiger partial charge in [-0.3, -0.25) is 9.59 Å². The molecule has 0 unspecified atom stereocenters. The SMILES string of the molecule is Cc1ccc(S(=O)(=O)N2C[C@H](CC(=O)C(C)(C)C)C(C(=O)c3ccccc3)=C(c3ccccc3)[C@@H]2Cc2ccccc2)cc1. The zero-order valence-electron chi connectivity index (χ0n) is 25.7. The first-order valence-corrected chi connectivity index (χ1v) is 16.5. The summed E-state index contributed by atoms with van der Waals surface area (Å²) in [6, 6.07) is 34.5. The molecule has 0 saturated carbocycles. The largest absolute Gasteiger partial charge is 0.299 e. The van der Waals surface area contributed by atoms with Crippen molar-refractivity contribution in [1.29, 1.82) is 0 Å². The highest BCUT2D eigenvalue weighted by Crippen LogP contribution is 2.43. The van der Waals surface area contributed by atoms with Gasteiger partial charge in [-0.2, -0.15) is 4.31 Å². The molecule has 0 amide bonds. The molecular formula is C38H39NO4S. The average molecular weight is 606 g/mol. The van der Waals surface area contributed by atoms with Crippen molar-refractivity contribution in [2.75, 3.05) is 6.54 Å². The lowest BCUT2D eigenvalue weighted by atomic mass is 9.74. The van der Waals surface area contributed by atoms with Crippen molar-refractivity contribution in [3.05, 3.63) is 143 Å². The molecule has 6 heteroatoms. The molecule has 2 atom stereocenters. The fraction of sp³-hybridized carbons (Fsp3) is 0.263. The first-order chi connectivity index (χ1) is 21.0. The van der Waals surface area contributed by atoms with Crippen LogP contribution in [0.2, 0.25) is 0 Å². The number of hydrogen-bond acceptors (Lipinski definition) is 4. The van der Waals surface area contributed by atoms with Gasteiger partial charge in [0.25, 0.3) is 0 Å². The fourth-order valence-electron chi connectivity index (χ4n) is 5.85. The maximum Gasteiger partial charge on any atom is 0.243 e. The number of carbonyl (C=O) groups excluding carboxylic acids is 2. The summed E-state index contributed by atoms with van der Waals surface area (Å²) in [6.07, 6.45) is 0.410. The molecule has 1 aliphatic heterocycles. The second kappa shape index (κ2) is 12.8.